The van der Waals surface area contributed by atoms with Crippen LogP contribution in [-0.2, 0) is 14.8 Å². The highest BCUT2D eigenvalue weighted by molar-refractivity contribution is 7.88. The highest BCUT2D eigenvalue weighted by Crippen LogP contribution is 2.01. The van der Waals surface area contributed by atoms with Gasteiger partial charge in [-0.1, -0.05) is 0 Å². The molecule has 0 radical (unpaired) electrons. The van der Waals surface area contributed by atoms with E-state index in [-0.39, 0.29) is 18.5 Å². The number of carbonyl (C=O) groups excluding carboxylic acids is 1. The first-order valence-corrected chi connectivity index (χ1v) is 6.90. The van der Waals surface area contributed by atoms with Gasteiger partial charge in [-0.05, 0) is 27.8 Å². The summed E-state index contributed by atoms with van der Waals surface area (Å²) in [7, 11) is -1.59. The minimum atomic E-state index is -3.27. The van der Waals surface area contributed by atoms with Gasteiger partial charge in [-0.25, -0.2) is 13.1 Å². The van der Waals surface area contributed by atoms with Gasteiger partial charge in [0.1, 0.15) is 0 Å². The van der Waals surface area contributed by atoms with E-state index >= 15 is 0 Å². The number of hydrogen-bond donors (Lipinski definition) is 3. The summed E-state index contributed by atoms with van der Waals surface area (Å²) < 4.78 is 24.5. The number of rotatable bonds is 6. The van der Waals surface area contributed by atoms with E-state index in [9.17, 15) is 13.2 Å². The molecule has 0 rings (SSSR count). The van der Waals surface area contributed by atoms with E-state index in [2.05, 4.69) is 15.4 Å². The van der Waals surface area contributed by atoms with Crippen molar-refractivity contribution < 1.29 is 13.2 Å². The summed E-state index contributed by atoms with van der Waals surface area (Å²) in [5.74, 6) is -0.161. The van der Waals surface area contributed by atoms with Crippen molar-refractivity contribution in [2.24, 2.45) is 0 Å². The Bertz CT molecular complexity index is 338. The van der Waals surface area contributed by atoms with Crippen molar-refractivity contribution in [1.82, 2.24) is 15.4 Å². The van der Waals surface area contributed by atoms with E-state index in [0.717, 1.165) is 6.26 Å². The van der Waals surface area contributed by atoms with Crippen molar-refractivity contribution in [3.05, 3.63) is 0 Å². The number of nitrogens with one attached hydrogen (secondary N) is 3. The first-order valence-electron chi connectivity index (χ1n) is 5.01. The lowest BCUT2D eigenvalue weighted by Gasteiger charge is -2.26. The maximum absolute atomic E-state index is 11.4. The van der Waals surface area contributed by atoms with Crippen molar-refractivity contribution in [3.63, 3.8) is 0 Å². The Balaban J connectivity index is 4.24. The van der Waals surface area contributed by atoms with Gasteiger partial charge in [-0.2, -0.15) is 0 Å². The van der Waals surface area contributed by atoms with Gasteiger partial charge >= 0.3 is 0 Å². The molecule has 0 saturated heterocycles. The zero-order chi connectivity index (χ0) is 13.0. The highest BCUT2D eigenvalue weighted by atomic mass is 32.2. The minimum absolute atomic E-state index is 0.161. The quantitative estimate of drug-likeness (QED) is 0.567. The predicted molar refractivity (Wildman–Crippen MR) is 63.6 cm³/mol. The van der Waals surface area contributed by atoms with Gasteiger partial charge in [-0.15, -0.1) is 0 Å². The standard InChI is InChI=1S/C9H21N3O3S/c1-7(10-4)8(13)11-6-9(2,3)12-16(5,14)15/h7,10,12H,6H2,1-5H3,(H,11,13). The van der Waals surface area contributed by atoms with Crippen LogP contribution in [0.15, 0.2) is 0 Å². The average molecular weight is 251 g/mol. The molecule has 0 bridgehead atoms. The van der Waals surface area contributed by atoms with Crippen LogP contribution in [0.5, 0.6) is 0 Å². The van der Waals surface area contributed by atoms with Gasteiger partial charge in [0, 0.05) is 12.1 Å². The second-order valence-corrected chi connectivity index (χ2v) is 6.23. The van der Waals surface area contributed by atoms with Gasteiger partial charge in [-0.3, -0.25) is 4.79 Å². The van der Waals surface area contributed by atoms with Crippen LogP contribution in [0.4, 0.5) is 0 Å². The maximum Gasteiger partial charge on any atom is 0.236 e. The molecule has 0 spiro atoms. The average Bonchev–Trinajstić information content (AvgIpc) is 2.09. The van der Waals surface area contributed by atoms with Gasteiger partial charge in [0.25, 0.3) is 0 Å². The van der Waals surface area contributed by atoms with Gasteiger partial charge in [0.2, 0.25) is 15.9 Å². The van der Waals surface area contributed by atoms with Crippen molar-refractivity contribution in [1.29, 1.82) is 0 Å². The molecule has 0 saturated carbocycles. The summed E-state index contributed by atoms with van der Waals surface area (Å²) in [5, 5.41) is 5.47. The zero-order valence-corrected chi connectivity index (χ0v) is 11.2. The summed E-state index contributed by atoms with van der Waals surface area (Å²) in [6, 6.07) is -0.297. The van der Waals surface area contributed by atoms with Crippen LogP contribution in [0.25, 0.3) is 0 Å². The molecule has 1 amide bonds. The van der Waals surface area contributed by atoms with Gasteiger partial charge < -0.3 is 10.6 Å². The van der Waals surface area contributed by atoms with Crippen LogP contribution < -0.4 is 15.4 Å². The fraction of sp³-hybridized carbons (Fsp3) is 0.889. The Labute approximate surface area is 97.2 Å². The normalized spacial score (nSPS) is 14.6. The molecule has 3 N–H and O–H groups in total. The predicted octanol–water partition coefficient (Wildman–Crippen LogP) is -0.962. The molecule has 0 aliphatic rings. The number of hydrogen-bond acceptors (Lipinski definition) is 4. The summed E-state index contributed by atoms with van der Waals surface area (Å²) >= 11 is 0. The monoisotopic (exact) mass is 251 g/mol. The Hall–Kier alpha value is -0.660. The molecule has 0 fully saturated rings. The third-order valence-electron chi connectivity index (χ3n) is 1.99. The summed E-state index contributed by atoms with van der Waals surface area (Å²) in [6.07, 6.45) is 1.09. The lowest BCUT2D eigenvalue weighted by Crippen LogP contribution is -2.53. The lowest BCUT2D eigenvalue weighted by atomic mass is 10.1. The SMILES string of the molecule is CNC(C)C(=O)NCC(C)(C)NS(C)(=O)=O. The molecule has 96 valence electrons. The van der Waals surface area contributed by atoms with E-state index in [0.29, 0.717) is 0 Å². The Morgan fingerprint density at radius 1 is 1.38 bits per heavy atom. The first-order chi connectivity index (χ1) is 7.07. The minimum Gasteiger partial charge on any atom is -0.353 e. The smallest absolute Gasteiger partial charge is 0.236 e. The molecule has 1 atom stereocenters. The second-order valence-electron chi connectivity index (χ2n) is 4.49. The summed E-state index contributed by atoms with van der Waals surface area (Å²) in [5.41, 5.74) is -0.698. The first kappa shape index (κ1) is 15.3. The topological polar surface area (TPSA) is 87.3 Å². The Morgan fingerprint density at radius 2 is 1.88 bits per heavy atom. The summed E-state index contributed by atoms with van der Waals surface area (Å²) in [6.45, 7) is 5.38. The molecule has 0 aromatic carbocycles. The second kappa shape index (κ2) is 5.60. The van der Waals surface area contributed by atoms with Crippen LogP contribution in [-0.4, -0.2) is 45.8 Å². The largest absolute Gasteiger partial charge is 0.353 e. The molecular weight excluding hydrogens is 230 g/mol. The number of sulfonamides is 1. The van der Waals surface area contributed by atoms with Crippen molar-refractivity contribution >= 4 is 15.9 Å². The molecular formula is C9H21N3O3S. The van der Waals surface area contributed by atoms with Crippen LogP contribution in [0.2, 0.25) is 0 Å². The third kappa shape index (κ3) is 6.76. The molecule has 0 aromatic rings. The molecule has 0 aromatic heterocycles. The molecule has 0 aliphatic carbocycles. The number of carbonyl (C=O) groups is 1. The van der Waals surface area contributed by atoms with Crippen molar-refractivity contribution in [2.75, 3.05) is 19.8 Å². The Morgan fingerprint density at radius 3 is 2.25 bits per heavy atom. The third-order valence-corrected chi connectivity index (χ3v) is 2.92. The Kier molecular flexibility index (Phi) is 5.37. The molecule has 0 aliphatic heterocycles. The molecule has 7 heteroatoms. The van der Waals surface area contributed by atoms with E-state index in [1.54, 1.807) is 27.8 Å². The fourth-order valence-corrected chi connectivity index (χ4v) is 2.21. The maximum atomic E-state index is 11.4. The van der Waals surface area contributed by atoms with Crippen molar-refractivity contribution in [2.45, 2.75) is 32.4 Å². The highest BCUT2D eigenvalue weighted by Gasteiger charge is 2.23. The van der Waals surface area contributed by atoms with Gasteiger partial charge in [0.15, 0.2) is 0 Å². The molecule has 1 unspecified atom stereocenters. The van der Waals surface area contributed by atoms with E-state index < -0.39 is 15.6 Å². The van der Waals surface area contributed by atoms with Crippen LogP contribution in [0.1, 0.15) is 20.8 Å². The number of likely N-dealkylation sites (N-methyl/N-ethyl adjacent to an activating group) is 1. The van der Waals surface area contributed by atoms with Crippen LogP contribution in [0, 0.1) is 0 Å². The molecule has 16 heavy (non-hydrogen) atoms. The molecule has 0 heterocycles. The van der Waals surface area contributed by atoms with E-state index in [4.69, 9.17) is 0 Å². The van der Waals surface area contributed by atoms with E-state index in [1.165, 1.54) is 0 Å². The summed E-state index contributed by atoms with van der Waals surface area (Å²) in [4.78, 5) is 11.4. The van der Waals surface area contributed by atoms with Crippen molar-refractivity contribution in [3.8, 4) is 0 Å². The molecule has 6 nitrogen and oxygen atoms in total. The fourth-order valence-electron chi connectivity index (χ4n) is 1.13. The zero-order valence-electron chi connectivity index (χ0n) is 10.4. The lowest BCUT2D eigenvalue weighted by molar-refractivity contribution is -0.122. The van der Waals surface area contributed by atoms with Crippen LogP contribution in [0.3, 0.4) is 0 Å². The van der Waals surface area contributed by atoms with Crippen LogP contribution >= 0.6 is 0 Å². The van der Waals surface area contributed by atoms with E-state index in [1.807, 2.05) is 0 Å². The number of amides is 1. The van der Waals surface area contributed by atoms with Gasteiger partial charge in [0.05, 0.1) is 12.3 Å².